The highest BCUT2D eigenvalue weighted by Gasteiger charge is 2.33. The number of pyridine rings is 1. The van der Waals surface area contributed by atoms with Gasteiger partial charge in [0.25, 0.3) is 0 Å². The third kappa shape index (κ3) is 3.21. The summed E-state index contributed by atoms with van der Waals surface area (Å²) in [4.78, 5) is 3.87. The van der Waals surface area contributed by atoms with E-state index in [4.69, 9.17) is 23.2 Å². The van der Waals surface area contributed by atoms with Gasteiger partial charge in [-0.1, -0.05) is 35.3 Å². The van der Waals surface area contributed by atoms with Gasteiger partial charge in [0.2, 0.25) is 0 Å². The number of fused-ring (bicyclic) bond motifs is 1. The Morgan fingerprint density at radius 1 is 0.957 bits per heavy atom. The van der Waals surface area contributed by atoms with Crippen LogP contribution in [0.15, 0.2) is 48.7 Å². The maximum absolute atomic E-state index is 13.1. The lowest BCUT2D eigenvalue weighted by Crippen LogP contribution is -2.06. The molecule has 3 rings (SSSR count). The van der Waals surface area contributed by atoms with Crippen molar-refractivity contribution in [3.8, 4) is 0 Å². The molecule has 0 aliphatic carbocycles. The summed E-state index contributed by atoms with van der Waals surface area (Å²) >= 11 is 11.8. The van der Waals surface area contributed by atoms with Crippen molar-refractivity contribution in [1.29, 1.82) is 0 Å². The summed E-state index contributed by atoms with van der Waals surface area (Å²) < 4.78 is 39.2. The first-order chi connectivity index (χ1) is 10.9. The second-order valence-electron chi connectivity index (χ2n) is 4.81. The van der Waals surface area contributed by atoms with Gasteiger partial charge in [-0.2, -0.15) is 13.2 Å². The zero-order valence-corrected chi connectivity index (χ0v) is 13.0. The Morgan fingerprint density at radius 3 is 2.43 bits per heavy atom. The molecular weight excluding hydrogens is 348 g/mol. The third-order valence-corrected chi connectivity index (χ3v) is 4.01. The molecule has 0 bridgehead atoms. The number of hydrogen-bond acceptors (Lipinski definition) is 2. The van der Waals surface area contributed by atoms with Crippen molar-refractivity contribution in [2.24, 2.45) is 0 Å². The van der Waals surface area contributed by atoms with E-state index < -0.39 is 11.7 Å². The van der Waals surface area contributed by atoms with Gasteiger partial charge in [0.05, 0.1) is 21.1 Å². The highest BCUT2D eigenvalue weighted by atomic mass is 35.5. The summed E-state index contributed by atoms with van der Waals surface area (Å²) in [5.41, 5.74) is 0.238. The lowest BCUT2D eigenvalue weighted by atomic mass is 10.1. The number of aromatic nitrogens is 1. The monoisotopic (exact) mass is 356 g/mol. The van der Waals surface area contributed by atoms with E-state index in [-0.39, 0.29) is 5.52 Å². The molecule has 3 aromatic rings. The molecule has 0 aliphatic heterocycles. The molecule has 0 saturated carbocycles. The number of para-hydroxylation sites is 1. The second kappa shape index (κ2) is 5.91. The molecule has 7 heteroatoms. The van der Waals surface area contributed by atoms with E-state index >= 15 is 0 Å². The molecule has 23 heavy (non-hydrogen) atoms. The maximum atomic E-state index is 13.1. The lowest BCUT2D eigenvalue weighted by Gasteiger charge is -2.13. The Balaban J connectivity index is 2.10. The zero-order valence-electron chi connectivity index (χ0n) is 11.5. The van der Waals surface area contributed by atoms with Gasteiger partial charge in [0.15, 0.2) is 0 Å². The minimum atomic E-state index is -4.46. The van der Waals surface area contributed by atoms with Crippen LogP contribution in [0.2, 0.25) is 10.0 Å². The number of rotatable bonds is 2. The Labute approximate surface area is 139 Å². The molecule has 0 spiro atoms. The van der Waals surface area contributed by atoms with Crippen molar-refractivity contribution in [3.05, 3.63) is 64.3 Å². The molecule has 2 nitrogen and oxygen atoms in total. The minimum Gasteiger partial charge on any atom is -0.355 e. The number of nitrogens with one attached hydrogen (secondary N) is 1. The van der Waals surface area contributed by atoms with Crippen molar-refractivity contribution >= 4 is 45.5 Å². The van der Waals surface area contributed by atoms with Crippen LogP contribution in [0.5, 0.6) is 0 Å². The molecular formula is C16H9Cl2F3N2. The molecule has 0 saturated heterocycles. The van der Waals surface area contributed by atoms with Crippen LogP contribution in [0.25, 0.3) is 10.9 Å². The number of hydrogen-bond donors (Lipinski definition) is 1. The maximum Gasteiger partial charge on any atom is 0.418 e. The summed E-state index contributed by atoms with van der Waals surface area (Å²) in [5, 5.41) is 4.16. The minimum absolute atomic E-state index is 0.106. The fourth-order valence-electron chi connectivity index (χ4n) is 2.24. The normalized spacial score (nSPS) is 11.7. The smallest absolute Gasteiger partial charge is 0.355 e. The van der Waals surface area contributed by atoms with E-state index in [1.54, 1.807) is 30.3 Å². The van der Waals surface area contributed by atoms with Crippen LogP contribution in [-0.2, 0) is 6.18 Å². The van der Waals surface area contributed by atoms with Crippen LogP contribution in [-0.4, -0.2) is 4.98 Å². The molecule has 0 aliphatic rings. The number of benzene rings is 2. The predicted octanol–water partition coefficient (Wildman–Crippen LogP) is 6.30. The Kier molecular flexibility index (Phi) is 4.08. The van der Waals surface area contributed by atoms with Crippen molar-refractivity contribution in [3.63, 3.8) is 0 Å². The molecule has 1 aromatic heterocycles. The van der Waals surface area contributed by atoms with Gasteiger partial charge in [0.1, 0.15) is 0 Å². The van der Waals surface area contributed by atoms with Crippen LogP contribution in [0.3, 0.4) is 0 Å². The first-order valence-corrected chi connectivity index (χ1v) is 7.29. The second-order valence-corrected chi connectivity index (χ2v) is 5.63. The van der Waals surface area contributed by atoms with Gasteiger partial charge in [0, 0.05) is 23.0 Å². The summed E-state index contributed by atoms with van der Waals surface area (Å²) in [6.45, 7) is 0. The quantitative estimate of drug-likeness (QED) is 0.582. The third-order valence-electron chi connectivity index (χ3n) is 3.28. The van der Waals surface area contributed by atoms with E-state index in [0.29, 0.717) is 26.8 Å². The number of anilines is 2. The molecule has 118 valence electrons. The fourth-order valence-corrected chi connectivity index (χ4v) is 2.54. The van der Waals surface area contributed by atoms with Crippen LogP contribution >= 0.6 is 23.2 Å². The summed E-state index contributed by atoms with van der Waals surface area (Å²) in [7, 11) is 0. The predicted molar refractivity (Wildman–Crippen MR) is 86.5 cm³/mol. The molecule has 0 unspecified atom stereocenters. The highest BCUT2D eigenvalue weighted by Crippen LogP contribution is 2.36. The van der Waals surface area contributed by atoms with Gasteiger partial charge in [-0.3, -0.25) is 4.98 Å². The molecule has 0 atom stereocenters. The van der Waals surface area contributed by atoms with Gasteiger partial charge >= 0.3 is 6.18 Å². The van der Waals surface area contributed by atoms with Crippen LogP contribution in [0, 0.1) is 0 Å². The number of alkyl halides is 3. The van der Waals surface area contributed by atoms with Crippen molar-refractivity contribution in [2.45, 2.75) is 6.18 Å². The molecule has 0 fully saturated rings. The molecule has 0 radical (unpaired) electrons. The average molecular weight is 357 g/mol. The molecule has 0 amide bonds. The standard InChI is InChI=1S/C16H9Cl2F3N2/c17-12-5-4-9(8-13(12)18)23-14-6-7-22-15-10(14)2-1-3-11(15)16(19,20)21/h1-8H,(H,22,23). The van der Waals surface area contributed by atoms with E-state index in [9.17, 15) is 13.2 Å². The fraction of sp³-hybridized carbons (Fsp3) is 0.0625. The van der Waals surface area contributed by atoms with Gasteiger partial charge in [-0.25, -0.2) is 0 Å². The topological polar surface area (TPSA) is 24.9 Å². The Morgan fingerprint density at radius 2 is 1.74 bits per heavy atom. The van der Waals surface area contributed by atoms with Crippen molar-refractivity contribution in [1.82, 2.24) is 4.98 Å². The van der Waals surface area contributed by atoms with Gasteiger partial charge in [-0.15, -0.1) is 0 Å². The van der Waals surface area contributed by atoms with E-state index in [1.807, 2.05) is 0 Å². The summed E-state index contributed by atoms with van der Waals surface area (Å²) in [5.74, 6) is 0. The van der Waals surface area contributed by atoms with Gasteiger partial charge in [-0.05, 0) is 30.3 Å². The zero-order chi connectivity index (χ0) is 16.6. The van der Waals surface area contributed by atoms with E-state index in [2.05, 4.69) is 10.3 Å². The van der Waals surface area contributed by atoms with Crippen LogP contribution in [0.4, 0.5) is 24.5 Å². The first-order valence-electron chi connectivity index (χ1n) is 6.53. The lowest BCUT2D eigenvalue weighted by molar-refractivity contribution is -0.136. The Bertz CT molecular complexity index is 879. The number of nitrogens with zero attached hydrogens (tertiary/aromatic N) is 1. The largest absolute Gasteiger partial charge is 0.418 e. The van der Waals surface area contributed by atoms with Crippen molar-refractivity contribution in [2.75, 3.05) is 5.32 Å². The average Bonchev–Trinajstić information content (AvgIpc) is 2.50. The van der Waals surface area contributed by atoms with Crippen LogP contribution < -0.4 is 5.32 Å². The van der Waals surface area contributed by atoms with E-state index in [1.165, 1.54) is 12.3 Å². The first kappa shape index (κ1) is 15.9. The van der Waals surface area contributed by atoms with E-state index in [0.717, 1.165) is 6.07 Å². The molecule has 1 heterocycles. The molecule has 1 N–H and O–H groups in total. The van der Waals surface area contributed by atoms with Gasteiger partial charge < -0.3 is 5.32 Å². The van der Waals surface area contributed by atoms with Crippen molar-refractivity contribution < 1.29 is 13.2 Å². The Hall–Kier alpha value is -1.98. The van der Waals surface area contributed by atoms with Crippen LogP contribution in [0.1, 0.15) is 5.56 Å². The SMILES string of the molecule is FC(F)(F)c1cccc2c(Nc3ccc(Cl)c(Cl)c3)ccnc12. The number of halogens is 5. The molecule has 2 aromatic carbocycles. The summed E-state index contributed by atoms with van der Waals surface area (Å²) in [6.07, 6.45) is -3.13. The highest BCUT2D eigenvalue weighted by molar-refractivity contribution is 6.42. The summed E-state index contributed by atoms with van der Waals surface area (Å²) in [6, 6.07) is 10.4.